The summed E-state index contributed by atoms with van der Waals surface area (Å²) >= 11 is 11.2. The fourth-order valence-corrected chi connectivity index (χ4v) is 3.34. The summed E-state index contributed by atoms with van der Waals surface area (Å²) in [5.41, 5.74) is 1.57. The highest BCUT2D eigenvalue weighted by Crippen LogP contribution is 2.24. The van der Waals surface area contributed by atoms with Crippen molar-refractivity contribution in [3.8, 4) is 0 Å². The van der Waals surface area contributed by atoms with Gasteiger partial charge >= 0.3 is 0 Å². The number of nitrogens with one attached hydrogen (secondary N) is 1. The van der Waals surface area contributed by atoms with Crippen molar-refractivity contribution in [2.24, 2.45) is 0 Å². The molecule has 0 bridgehead atoms. The first kappa shape index (κ1) is 14.0. The molecule has 0 spiro atoms. The van der Waals surface area contributed by atoms with E-state index < -0.39 is 5.82 Å². The number of aromatic amines is 1. The summed E-state index contributed by atoms with van der Waals surface area (Å²) in [5.74, 6) is -0.421. The van der Waals surface area contributed by atoms with Gasteiger partial charge in [-0.15, -0.1) is 0 Å². The Morgan fingerprint density at radius 3 is 2.80 bits per heavy atom. The molecule has 1 N–H and O–H groups in total. The number of hydrogen-bond donors (Lipinski definition) is 1. The maximum Gasteiger partial charge on any atom is 0.178 e. The van der Waals surface area contributed by atoms with E-state index in [1.165, 1.54) is 18.9 Å². The van der Waals surface area contributed by atoms with Crippen molar-refractivity contribution in [3.63, 3.8) is 0 Å². The van der Waals surface area contributed by atoms with Crippen LogP contribution in [-0.2, 0) is 6.54 Å². The number of nitrogens with zero attached hydrogens (tertiary/aromatic N) is 2. The van der Waals surface area contributed by atoms with E-state index in [1.54, 1.807) is 6.07 Å². The van der Waals surface area contributed by atoms with Crippen LogP contribution in [0, 0.1) is 10.6 Å². The van der Waals surface area contributed by atoms with Crippen molar-refractivity contribution in [1.29, 1.82) is 0 Å². The molecule has 1 aromatic carbocycles. The molecular weight excluding hydrogens is 297 g/mol. The van der Waals surface area contributed by atoms with Gasteiger partial charge in [0.2, 0.25) is 0 Å². The van der Waals surface area contributed by atoms with Gasteiger partial charge in [-0.1, -0.05) is 11.6 Å². The minimum atomic E-state index is -0.421. The van der Waals surface area contributed by atoms with Crippen molar-refractivity contribution in [2.75, 3.05) is 13.1 Å². The van der Waals surface area contributed by atoms with Crippen LogP contribution < -0.4 is 0 Å². The molecular formula is C14H17ClFN3S. The summed E-state index contributed by atoms with van der Waals surface area (Å²) in [4.78, 5) is 5.52. The Morgan fingerprint density at radius 1 is 1.40 bits per heavy atom. The van der Waals surface area contributed by atoms with Crippen LogP contribution in [0.4, 0.5) is 4.39 Å². The zero-order valence-corrected chi connectivity index (χ0v) is 12.9. The van der Waals surface area contributed by atoms with E-state index in [0.717, 1.165) is 25.2 Å². The summed E-state index contributed by atoms with van der Waals surface area (Å²) in [5, 5.41) is 0.133. The maximum absolute atomic E-state index is 13.5. The second-order valence-corrected chi connectivity index (χ2v) is 6.21. The number of fused-ring (bicyclic) bond motifs is 1. The Hall–Kier alpha value is -0.910. The number of benzene rings is 1. The molecule has 0 radical (unpaired) electrons. The highest BCUT2D eigenvalue weighted by atomic mass is 35.5. The third-order valence-electron chi connectivity index (χ3n) is 4.03. The van der Waals surface area contributed by atoms with Crippen LogP contribution in [-0.4, -0.2) is 33.6 Å². The summed E-state index contributed by atoms with van der Waals surface area (Å²) in [6.45, 7) is 5.29. The first-order chi connectivity index (χ1) is 9.56. The van der Waals surface area contributed by atoms with Gasteiger partial charge in [0.1, 0.15) is 5.82 Å². The van der Waals surface area contributed by atoms with Crippen LogP contribution in [0.1, 0.15) is 19.8 Å². The molecule has 20 heavy (non-hydrogen) atoms. The third-order valence-corrected chi connectivity index (χ3v) is 4.64. The van der Waals surface area contributed by atoms with Crippen molar-refractivity contribution in [1.82, 2.24) is 14.5 Å². The van der Waals surface area contributed by atoms with Crippen LogP contribution >= 0.6 is 23.8 Å². The van der Waals surface area contributed by atoms with Gasteiger partial charge in [0.15, 0.2) is 4.77 Å². The number of halogens is 2. The van der Waals surface area contributed by atoms with Gasteiger partial charge in [0.25, 0.3) is 0 Å². The highest BCUT2D eigenvalue weighted by molar-refractivity contribution is 7.71. The van der Waals surface area contributed by atoms with E-state index in [9.17, 15) is 4.39 Å². The Morgan fingerprint density at radius 2 is 2.10 bits per heavy atom. The maximum atomic E-state index is 13.5. The number of rotatable bonds is 3. The van der Waals surface area contributed by atoms with E-state index in [4.69, 9.17) is 23.8 Å². The second kappa shape index (κ2) is 5.47. The van der Waals surface area contributed by atoms with Gasteiger partial charge in [0.05, 0.1) is 16.1 Å². The SMILES string of the molecule is CC(Cn1c(=S)[nH]c2cc(F)c(Cl)cc21)N1CCCC1. The Labute approximate surface area is 127 Å². The highest BCUT2D eigenvalue weighted by Gasteiger charge is 2.19. The van der Waals surface area contributed by atoms with Crippen LogP contribution in [0.2, 0.25) is 5.02 Å². The molecule has 108 valence electrons. The number of H-pyrrole nitrogens is 1. The second-order valence-electron chi connectivity index (χ2n) is 5.42. The molecule has 0 aliphatic carbocycles. The summed E-state index contributed by atoms with van der Waals surface area (Å²) < 4.78 is 16.1. The third kappa shape index (κ3) is 2.50. The molecule has 1 aliphatic rings. The summed E-state index contributed by atoms with van der Waals surface area (Å²) in [6, 6.07) is 3.46. The van der Waals surface area contributed by atoms with Gasteiger partial charge in [-0.3, -0.25) is 4.90 Å². The van der Waals surface area contributed by atoms with E-state index in [-0.39, 0.29) is 5.02 Å². The molecule has 0 saturated carbocycles. The topological polar surface area (TPSA) is 24.0 Å². The molecule has 1 aromatic heterocycles. The van der Waals surface area contributed by atoms with Gasteiger partial charge in [0, 0.05) is 18.7 Å². The molecule has 3 nitrogen and oxygen atoms in total. The molecule has 1 fully saturated rings. The first-order valence-electron chi connectivity index (χ1n) is 6.88. The van der Waals surface area contributed by atoms with E-state index in [1.807, 2.05) is 4.57 Å². The van der Waals surface area contributed by atoms with Gasteiger partial charge in [-0.25, -0.2) is 4.39 Å². The summed E-state index contributed by atoms with van der Waals surface area (Å²) in [6.07, 6.45) is 2.53. The van der Waals surface area contributed by atoms with Crippen LogP contribution in [0.15, 0.2) is 12.1 Å². The van der Waals surface area contributed by atoms with Gasteiger partial charge in [-0.2, -0.15) is 0 Å². The van der Waals surface area contributed by atoms with Gasteiger partial charge in [-0.05, 0) is 51.1 Å². The van der Waals surface area contributed by atoms with Gasteiger partial charge < -0.3 is 9.55 Å². The lowest BCUT2D eigenvalue weighted by Crippen LogP contribution is -2.33. The molecule has 1 aliphatic heterocycles. The Balaban J connectivity index is 1.96. The lowest BCUT2D eigenvalue weighted by Gasteiger charge is -2.24. The lowest BCUT2D eigenvalue weighted by molar-refractivity contribution is 0.237. The van der Waals surface area contributed by atoms with Crippen molar-refractivity contribution < 1.29 is 4.39 Å². The number of likely N-dealkylation sites (tertiary alicyclic amines) is 1. The molecule has 1 atom stereocenters. The molecule has 0 amide bonds. The fourth-order valence-electron chi connectivity index (χ4n) is 2.90. The molecule has 3 rings (SSSR count). The predicted molar refractivity (Wildman–Crippen MR) is 82.4 cm³/mol. The Bertz CT molecular complexity index is 688. The zero-order chi connectivity index (χ0) is 14.3. The van der Waals surface area contributed by atoms with Crippen molar-refractivity contribution in [3.05, 3.63) is 27.7 Å². The number of hydrogen-bond acceptors (Lipinski definition) is 2. The smallest absolute Gasteiger partial charge is 0.178 e. The molecule has 1 saturated heterocycles. The van der Waals surface area contributed by atoms with Crippen LogP contribution in [0.25, 0.3) is 11.0 Å². The fraction of sp³-hybridized carbons (Fsp3) is 0.500. The van der Waals surface area contributed by atoms with E-state index in [2.05, 4.69) is 16.8 Å². The average molecular weight is 314 g/mol. The predicted octanol–water partition coefficient (Wildman–Crippen LogP) is 3.98. The van der Waals surface area contributed by atoms with Crippen molar-refractivity contribution in [2.45, 2.75) is 32.4 Å². The van der Waals surface area contributed by atoms with Crippen molar-refractivity contribution >= 4 is 34.9 Å². The zero-order valence-electron chi connectivity index (χ0n) is 11.3. The largest absolute Gasteiger partial charge is 0.330 e. The minimum absolute atomic E-state index is 0.133. The normalized spacial score (nSPS) is 17.9. The molecule has 6 heteroatoms. The van der Waals surface area contributed by atoms with Crippen LogP contribution in [0.5, 0.6) is 0 Å². The number of imidazole rings is 1. The van der Waals surface area contributed by atoms with E-state index >= 15 is 0 Å². The molecule has 1 unspecified atom stereocenters. The minimum Gasteiger partial charge on any atom is -0.330 e. The van der Waals surface area contributed by atoms with E-state index in [0.29, 0.717) is 16.3 Å². The summed E-state index contributed by atoms with van der Waals surface area (Å²) in [7, 11) is 0. The first-order valence-corrected chi connectivity index (χ1v) is 7.66. The Kier molecular flexibility index (Phi) is 3.84. The molecule has 2 heterocycles. The monoisotopic (exact) mass is 313 g/mol. The number of aromatic nitrogens is 2. The average Bonchev–Trinajstić information content (AvgIpc) is 3.01. The standard InChI is InChI=1S/C14H17ClFN3S/c1-9(18-4-2-3-5-18)8-19-13-6-10(15)11(16)7-12(13)17-14(19)20/h6-7,9H,2-5,8H2,1H3,(H,17,20). The quantitative estimate of drug-likeness (QED) is 0.867. The lowest BCUT2D eigenvalue weighted by atomic mass is 10.2. The molecule has 2 aromatic rings. The van der Waals surface area contributed by atoms with Crippen LogP contribution in [0.3, 0.4) is 0 Å².